The van der Waals surface area contributed by atoms with E-state index in [1.807, 2.05) is 0 Å². The zero-order valence-electron chi connectivity index (χ0n) is 9.30. The lowest BCUT2D eigenvalue weighted by Crippen LogP contribution is -2.13. The summed E-state index contributed by atoms with van der Waals surface area (Å²) in [5, 5.41) is 6.15. The zero-order valence-corrected chi connectivity index (χ0v) is 9.30. The Labute approximate surface area is 96.8 Å². The molecule has 0 atom stereocenters. The largest absolute Gasteiger partial charge is 0.481 e. The molecule has 0 unspecified atom stereocenters. The average molecular weight is 234 g/mol. The van der Waals surface area contributed by atoms with Crippen LogP contribution in [0.5, 0.6) is 5.88 Å². The van der Waals surface area contributed by atoms with Gasteiger partial charge in [-0.2, -0.15) is 0 Å². The monoisotopic (exact) mass is 234 g/mol. The lowest BCUT2D eigenvalue weighted by molar-refractivity contribution is 0.101. The molecule has 0 aromatic carbocycles. The number of nitrogens with zero attached hydrogens (tertiary/aromatic N) is 3. The second kappa shape index (κ2) is 4.60. The van der Waals surface area contributed by atoms with Gasteiger partial charge in [-0.25, -0.2) is 9.97 Å². The number of ether oxygens (including phenoxy) is 1. The van der Waals surface area contributed by atoms with Gasteiger partial charge in [-0.15, -0.1) is 0 Å². The van der Waals surface area contributed by atoms with Crippen molar-refractivity contribution in [3.05, 3.63) is 29.9 Å². The normalized spacial score (nSPS) is 10.0. The van der Waals surface area contributed by atoms with Crippen molar-refractivity contribution in [2.24, 2.45) is 0 Å². The van der Waals surface area contributed by atoms with Gasteiger partial charge in [0, 0.05) is 12.1 Å². The minimum Gasteiger partial charge on any atom is -0.481 e. The van der Waals surface area contributed by atoms with Crippen LogP contribution in [-0.2, 0) is 0 Å². The fourth-order valence-corrected chi connectivity index (χ4v) is 1.17. The van der Waals surface area contributed by atoms with Crippen LogP contribution < -0.4 is 10.1 Å². The number of rotatable bonds is 3. The molecule has 0 aliphatic heterocycles. The second-order valence-electron chi connectivity index (χ2n) is 3.22. The fourth-order valence-electron chi connectivity index (χ4n) is 1.17. The third-order valence-electron chi connectivity index (χ3n) is 1.95. The van der Waals surface area contributed by atoms with Gasteiger partial charge >= 0.3 is 0 Å². The maximum Gasteiger partial charge on any atom is 0.279 e. The Bertz CT molecular complexity index is 538. The van der Waals surface area contributed by atoms with E-state index in [4.69, 9.17) is 9.26 Å². The first kappa shape index (κ1) is 11.1. The molecule has 0 radical (unpaired) electrons. The average Bonchev–Trinajstić information content (AvgIpc) is 2.76. The topological polar surface area (TPSA) is 90.1 Å². The first-order valence-electron chi connectivity index (χ1n) is 4.80. The number of amides is 1. The van der Waals surface area contributed by atoms with E-state index in [1.54, 1.807) is 6.92 Å². The van der Waals surface area contributed by atoms with Gasteiger partial charge in [-0.1, -0.05) is 5.16 Å². The van der Waals surface area contributed by atoms with Gasteiger partial charge < -0.3 is 14.6 Å². The third kappa shape index (κ3) is 2.57. The molecular weight excluding hydrogens is 224 g/mol. The van der Waals surface area contributed by atoms with Gasteiger partial charge in [0.1, 0.15) is 17.9 Å². The standard InChI is InChI=1S/C10H10N4O3/c1-6-3-7(14-17-6)10(15)13-8-4-9(16-2)12-5-11-8/h3-5H,1-2H3,(H,11,12,13,15). The summed E-state index contributed by atoms with van der Waals surface area (Å²) in [7, 11) is 1.48. The predicted molar refractivity (Wildman–Crippen MR) is 57.8 cm³/mol. The molecule has 0 bridgehead atoms. The molecule has 1 amide bonds. The molecule has 88 valence electrons. The maximum absolute atomic E-state index is 11.7. The molecule has 0 aliphatic rings. The molecule has 2 aromatic rings. The molecular formula is C10H10N4O3. The summed E-state index contributed by atoms with van der Waals surface area (Å²) < 4.78 is 9.71. The molecule has 0 aliphatic carbocycles. The molecule has 7 nitrogen and oxygen atoms in total. The highest BCUT2D eigenvalue weighted by molar-refractivity contribution is 6.02. The summed E-state index contributed by atoms with van der Waals surface area (Å²) in [6.07, 6.45) is 1.29. The predicted octanol–water partition coefficient (Wildman–Crippen LogP) is 1.03. The highest BCUT2D eigenvalue weighted by Gasteiger charge is 2.12. The summed E-state index contributed by atoms with van der Waals surface area (Å²) in [5.41, 5.74) is 0.195. The summed E-state index contributed by atoms with van der Waals surface area (Å²) >= 11 is 0. The smallest absolute Gasteiger partial charge is 0.279 e. The highest BCUT2D eigenvalue weighted by atomic mass is 16.5. The van der Waals surface area contributed by atoms with Crippen molar-refractivity contribution in [1.29, 1.82) is 0 Å². The molecule has 7 heteroatoms. The van der Waals surface area contributed by atoms with E-state index in [2.05, 4.69) is 20.4 Å². The number of methoxy groups -OCH3 is 1. The number of nitrogens with one attached hydrogen (secondary N) is 1. The molecule has 0 saturated heterocycles. The number of aryl methyl sites for hydroxylation is 1. The molecule has 2 aromatic heterocycles. The number of carbonyl (C=O) groups excluding carboxylic acids is 1. The van der Waals surface area contributed by atoms with E-state index >= 15 is 0 Å². The van der Waals surface area contributed by atoms with Crippen LogP contribution in [0, 0.1) is 6.92 Å². The van der Waals surface area contributed by atoms with Crippen molar-refractivity contribution >= 4 is 11.7 Å². The molecule has 2 heterocycles. The lowest BCUT2D eigenvalue weighted by atomic mass is 10.3. The van der Waals surface area contributed by atoms with E-state index in [9.17, 15) is 4.79 Å². The number of carbonyl (C=O) groups is 1. The Hall–Kier alpha value is -2.44. The van der Waals surface area contributed by atoms with Crippen molar-refractivity contribution in [1.82, 2.24) is 15.1 Å². The van der Waals surface area contributed by atoms with Crippen molar-refractivity contribution in [3.8, 4) is 5.88 Å². The van der Waals surface area contributed by atoms with E-state index < -0.39 is 5.91 Å². The van der Waals surface area contributed by atoms with Crippen molar-refractivity contribution in [3.63, 3.8) is 0 Å². The molecule has 2 rings (SSSR count). The third-order valence-corrected chi connectivity index (χ3v) is 1.95. The number of anilines is 1. The van der Waals surface area contributed by atoms with Crippen LogP contribution in [0.3, 0.4) is 0 Å². The van der Waals surface area contributed by atoms with Gasteiger partial charge in [0.15, 0.2) is 5.69 Å². The Morgan fingerprint density at radius 3 is 2.88 bits per heavy atom. The van der Waals surface area contributed by atoms with Crippen LogP contribution >= 0.6 is 0 Å². The highest BCUT2D eigenvalue weighted by Crippen LogP contribution is 2.11. The van der Waals surface area contributed by atoms with Crippen LogP contribution in [0.1, 0.15) is 16.2 Å². The second-order valence-corrected chi connectivity index (χ2v) is 3.22. The Kier molecular flexibility index (Phi) is 2.99. The van der Waals surface area contributed by atoms with Crippen LogP contribution in [-0.4, -0.2) is 28.1 Å². The van der Waals surface area contributed by atoms with Gasteiger partial charge in [0.25, 0.3) is 5.91 Å². The number of hydrogen-bond donors (Lipinski definition) is 1. The summed E-state index contributed by atoms with van der Waals surface area (Å²) in [4.78, 5) is 19.4. The summed E-state index contributed by atoms with van der Waals surface area (Å²) in [6.45, 7) is 1.71. The zero-order chi connectivity index (χ0) is 12.3. The fraction of sp³-hybridized carbons (Fsp3) is 0.200. The van der Waals surface area contributed by atoms with Crippen LogP contribution in [0.2, 0.25) is 0 Å². The van der Waals surface area contributed by atoms with E-state index in [0.717, 1.165) is 0 Å². The van der Waals surface area contributed by atoms with Gasteiger partial charge in [-0.3, -0.25) is 4.79 Å². The summed E-state index contributed by atoms with van der Waals surface area (Å²) in [5.74, 6) is 0.868. The minimum atomic E-state index is -0.400. The van der Waals surface area contributed by atoms with Crippen molar-refractivity contribution in [2.75, 3.05) is 12.4 Å². The van der Waals surface area contributed by atoms with Crippen LogP contribution in [0.4, 0.5) is 5.82 Å². The van der Waals surface area contributed by atoms with Gasteiger partial charge in [-0.05, 0) is 6.92 Å². The molecule has 1 N–H and O–H groups in total. The van der Waals surface area contributed by atoms with Crippen LogP contribution in [0.25, 0.3) is 0 Å². The quantitative estimate of drug-likeness (QED) is 0.853. The van der Waals surface area contributed by atoms with Crippen LogP contribution in [0.15, 0.2) is 23.0 Å². The first-order valence-corrected chi connectivity index (χ1v) is 4.80. The van der Waals surface area contributed by atoms with Gasteiger partial charge in [0.2, 0.25) is 5.88 Å². The molecule has 17 heavy (non-hydrogen) atoms. The molecule has 0 saturated carbocycles. The molecule has 0 fully saturated rings. The first-order chi connectivity index (χ1) is 8.19. The van der Waals surface area contributed by atoms with E-state index in [-0.39, 0.29) is 5.69 Å². The lowest BCUT2D eigenvalue weighted by Gasteiger charge is -2.02. The Balaban J connectivity index is 2.12. The number of hydrogen-bond acceptors (Lipinski definition) is 6. The van der Waals surface area contributed by atoms with Gasteiger partial charge in [0.05, 0.1) is 7.11 Å². The van der Waals surface area contributed by atoms with E-state index in [0.29, 0.717) is 17.5 Å². The summed E-state index contributed by atoms with van der Waals surface area (Å²) in [6, 6.07) is 3.04. The maximum atomic E-state index is 11.7. The van der Waals surface area contributed by atoms with Crippen molar-refractivity contribution in [2.45, 2.75) is 6.92 Å². The minimum absolute atomic E-state index is 0.195. The number of aromatic nitrogens is 3. The SMILES string of the molecule is COc1cc(NC(=O)c2cc(C)on2)ncn1. The van der Waals surface area contributed by atoms with Crippen molar-refractivity contribution < 1.29 is 14.1 Å². The van der Waals surface area contributed by atoms with E-state index in [1.165, 1.54) is 25.6 Å². The Morgan fingerprint density at radius 2 is 2.24 bits per heavy atom. The Morgan fingerprint density at radius 1 is 1.41 bits per heavy atom. The molecule has 0 spiro atoms.